The van der Waals surface area contributed by atoms with Gasteiger partial charge in [0.1, 0.15) is 6.07 Å². The maximum atomic E-state index is 12.2. The Morgan fingerprint density at radius 1 is 1.60 bits per heavy atom. The number of halogens is 1. The molecule has 2 atom stereocenters. The van der Waals surface area contributed by atoms with Gasteiger partial charge in [0, 0.05) is 5.69 Å². The summed E-state index contributed by atoms with van der Waals surface area (Å²) in [4.78, 5) is 12.2. The average molecular weight is 292 g/mol. The minimum atomic E-state index is -0.157. The number of rotatable bonds is 3. The molecule has 20 heavy (non-hydrogen) atoms. The first-order chi connectivity index (χ1) is 9.63. The largest absolute Gasteiger partial charge is 0.325 e. The third-order valence-corrected chi connectivity index (χ3v) is 4.09. The molecule has 2 rings (SSSR count). The Labute approximate surface area is 124 Å². The van der Waals surface area contributed by atoms with Gasteiger partial charge in [-0.15, -0.1) is 0 Å². The van der Waals surface area contributed by atoms with Gasteiger partial charge in [-0.25, -0.2) is 0 Å². The smallest absolute Gasteiger partial charge is 0.241 e. The zero-order valence-electron chi connectivity index (χ0n) is 11.4. The van der Waals surface area contributed by atoms with Crippen LogP contribution in [0.4, 0.5) is 5.69 Å². The molecule has 1 heterocycles. The van der Waals surface area contributed by atoms with Crippen LogP contribution in [0.3, 0.4) is 0 Å². The van der Waals surface area contributed by atoms with E-state index in [0.717, 1.165) is 25.8 Å². The molecule has 1 aliphatic rings. The van der Waals surface area contributed by atoms with Crippen LogP contribution in [0.2, 0.25) is 5.02 Å². The second kappa shape index (κ2) is 6.74. The molecule has 4 nitrogen and oxygen atoms in total. The van der Waals surface area contributed by atoms with Gasteiger partial charge in [-0.1, -0.05) is 24.9 Å². The Kier molecular flexibility index (Phi) is 4.99. The van der Waals surface area contributed by atoms with Gasteiger partial charge in [-0.05, 0) is 43.5 Å². The number of hydrogen-bond acceptors (Lipinski definition) is 3. The van der Waals surface area contributed by atoms with Crippen LogP contribution in [0.1, 0.15) is 31.7 Å². The third kappa shape index (κ3) is 3.50. The van der Waals surface area contributed by atoms with E-state index in [-0.39, 0.29) is 11.9 Å². The molecule has 1 aromatic rings. The highest BCUT2D eigenvalue weighted by Crippen LogP contribution is 2.22. The first kappa shape index (κ1) is 14.8. The summed E-state index contributed by atoms with van der Waals surface area (Å²) < 4.78 is 0. The molecular formula is C15H18ClN3O. The molecule has 0 spiro atoms. The number of anilines is 1. The molecule has 0 radical (unpaired) electrons. The normalized spacial score (nSPS) is 22.1. The Balaban J connectivity index is 2.02. The molecule has 2 unspecified atom stereocenters. The third-order valence-electron chi connectivity index (χ3n) is 3.76. The predicted molar refractivity (Wildman–Crippen MR) is 79.6 cm³/mol. The lowest BCUT2D eigenvalue weighted by Crippen LogP contribution is -2.46. The number of benzene rings is 1. The van der Waals surface area contributed by atoms with Crippen LogP contribution >= 0.6 is 11.6 Å². The highest BCUT2D eigenvalue weighted by Gasteiger charge is 2.25. The van der Waals surface area contributed by atoms with Crippen molar-refractivity contribution in [3.63, 3.8) is 0 Å². The van der Waals surface area contributed by atoms with E-state index in [2.05, 4.69) is 17.6 Å². The molecule has 1 amide bonds. The lowest BCUT2D eigenvalue weighted by atomic mass is 9.90. The molecule has 1 aliphatic heterocycles. The zero-order chi connectivity index (χ0) is 14.5. The Morgan fingerprint density at radius 3 is 3.10 bits per heavy atom. The first-order valence-electron chi connectivity index (χ1n) is 6.88. The van der Waals surface area contributed by atoms with Crippen LogP contribution in [0, 0.1) is 17.2 Å². The summed E-state index contributed by atoms with van der Waals surface area (Å²) in [6.45, 7) is 3.03. The molecule has 0 saturated carbocycles. The van der Waals surface area contributed by atoms with Gasteiger partial charge in [0.25, 0.3) is 0 Å². The lowest BCUT2D eigenvalue weighted by molar-refractivity contribution is -0.119. The van der Waals surface area contributed by atoms with Crippen LogP contribution in [0.15, 0.2) is 18.2 Å². The van der Waals surface area contributed by atoms with Crippen LogP contribution in [0.5, 0.6) is 0 Å². The summed E-state index contributed by atoms with van der Waals surface area (Å²) in [7, 11) is 0. The Hall–Kier alpha value is -1.57. The number of hydrogen-bond donors (Lipinski definition) is 2. The minimum absolute atomic E-state index is 0.0469. The SMILES string of the molecule is CCC1CCNC(C(=O)Nc2ccc(Cl)c(C#N)c2)C1. The minimum Gasteiger partial charge on any atom is -0.325 e. The number of piperidine rings is 1. The summed E-state index contributed by atoms with van der Waals surface area (Å²) in [5, 5.41) is 15.4. The second-order valence-corrected chi connectivity index (χ2v) is 5.51. The molecule has 1 fully saturated rings. The van der Waals surface area contributed by atoms with E-state index in [1.54, 1.807) is 18.2 Å². The summed E-state index contributed by atoms with van der Waals surface area (Å²) in [5.74, 6) is 0.557. The van der Waals surface area contributed by atoms with Crippen molar-refractivity contribution in [3.05, 3.63) is 28.8 Å². The number of nitrogens with zero attached hydrogens (tertiary/aromatic N) is 1. The highest BCUT2D eigenvalue weighted by molar-refractivity contribution is 6.31. The second-order valence-electron chi connectivity index (χ2n) is 5.10. The van der Waals surface area contributed by atoms with Crippen molar-refractivity contribution < 1.29 is 4.79 Å². The maximum absolute atomic E-state index is 12.2. The number of amides is 1. The summed E-state index contributed by atoms with van der Waals surface area (Å²) >= 11 is 5.87. The molecule has 106 valence electrons. The molecule has 0 aromatic heterocycles. The Bertz CT molecular complexity index is 538. The van der Waals surface area contributed by atoms with Gasteiger partial charge >= 0.3 is 0 Å². The number of nitriles is 1. The fourth-order valence-corrected chi connectivity index (χ4v) is 2.64. The summed E-state index contributed by atoms with van der Waals surface area (Å²) in [6.07, 6.45) is 3.09. The van der Waals surface area contributed by atoms with Gasteiger partial charge in [0.15, 0.2) is 0 Å². The van der Waals surface area contributed by atoms with Crippen LogP contribution in [-0.2, 0) is 4.79 Å². The van der Waals surface area contributed by atoms with E-state index in [1.165, 1.54) is 0 Å². The molecule has 1 saturated heterocycles. The zero-order valence-corrected chi connectivity index (χ0v) is 12.2. The lowest BCUT2D eigenvalue weighted by Gasteiger charge is -2.28. The summed E-state index contributed by atoms with van der Waals surface area (Å²) in [5.41, 5.74) is 0.976. The monoisotopic (exact) mass is 291 g/mol. The van der Waals surface area contributed by atoms with Gasteiger partial charge < -0.3 is 10.6 Å². The van der Waals surface area contributed by atoms with Crippen LogP contribution in [0.25, 0.3) is 0 Å². The fraction of sp³-hybridized carbons (Fsp3) is 0.467. The number of carbonyl (C=O) groups excluding carboxylic acids is 1. The molecule has 1 aromatic carbocycles. The molecule has 5 heteroatoms. The van der Waals surface area contributed by atoms with Crippen molar-refractivity contribution in [2.75, 3.05) is 11.9 Å². The van der Waals surface area contributed by atoms with Crippen molar-refractivity contribution in [1.29, 1.82) is 5.26 Å². The van der Waals surface area contributed by atoms with Crippen LogP contribution < -0.4 is 10.6 Å². The van der Waals surface area contributed by atoms with E-state index in [1.807, 2.05) is 6.07 Å². The number of nitrogens with one attached hydrogen (secondary N) is 2. The van der Waals surface area contributed by atoms with E-state index in [9.17, 15) is 4.79 Å². The quantitative estimate of drug-likeness (QED) is 0.900. The predicted octanol–water partition coefficient (Wildman–Crippen LogP) is 2.93. The molecule has 0 bridgehead atoms. The molecule has 0 aliphatic carbocycles. The summed E-state index contributed by atoms with van der Waals surface area (Å²) in [6, 6.07) is 6.78. The Morgan fingerprint density at radius 2 is 2.40 bits per heavy atom. The number of carbonyl (C=O) groups is 1. The maximum Gasteiger partial charge on any atom is 0.241 e. The highest BCUT2D eigenvalue weighted by atomic mass is 35.5. The van der Waals surface area contributed by atoms with Crippen molar-refractivity contribution in [1.82, 2.24) is 5.32 Å². The van der Waals surface area contributed by atoms with Crippen molar-refractivity contribution in [3.8, 4) is 6.07 Å². The van der Waals surface area contributed by atoms with Crippen molar-refractivity contribution >= 4 is 23.2 Å². The van der Waals surface area contributed by atoms with E-state index in [4.69, 9.17) is 16.9 Å². The first-order valence-corrected chi connectivity index (χ1v) is 7.25. The average Bonchev–Trinajstić information content (AvgIpc) is 2.49. The van der Waals surface area contributed by atoms with E-state index >= 15 is 0 Å². The van der Waals surface area contributed by atoms with Crippen molar-refractivity contribution in [2.45, 2.75) is 32.2 Å². The van der Waals surface area contributed by atoms with Gasteiger partial charge in [0.05, 0.1) is 16.6 Å². The molecule has 2 N–H and O–H groups in total. The van der Waals surface area contributed by atoms with Gasteiger partial charge in [-0.2, -0.15) is 5.26 Å². The van der Waals surface area contributed by atoms with Gasteiger partial charge in [0.2, 0.25) is 5.91 Å². The van der Waals surface area contributed by atoms with E-state index < -0.39 is 0 Å². The topological polar surface area (TPSA) is 64.9 Å². The fourth-order valence-electron chi connectivity index (χ4n) is 2.48. The van der Waals surface area contributed by atoms with Gasteiger partial charge in [-0.3, -0.25) is 4.79 Å². The molecular weight excluding hydrogens is 274 g/mol. The van der Waals surface area contributed by atoms with Crippen molar-refractivity contribution in [2.24, 2.45) is 5.92 Å². The van der Waals surface area contributed by atoms with E-state index in [0.29, 0.717) is 22.2 Å². The standard InChI is InChI=1S/C15H18ClN3O/c1-2-10-5-6-18-14(7-10)15(20)19-12-3-4-13(16)11(8-12)9-17/h3-4,8,10,14,18H,2,5-7H2,1H3,(H,19,20). The van der Waals surface area contributed by atoms with Crippen LogP contribution in [-0.4, -0.2) is 18.5 Å².